The van der Waals surface area contributed by atoms with E-state index in [4.69, 9.17) is 0 Å². The van der Waals surface area contributed by atoms with Crippen molar-refractivity contribution in [3.05, 3.63) is 41.3 Å². The van der Waals surface area contributed by atoms with Gasteiger partial charge in [-0.25, -0.2) is 21.6 Å². The number of alkyl halides is 3. The van der Waals surface area contributed by atoms with E-state index in [9.17, 15) is 34.8 Å². The third-order valence-corrected chi connectivity index (χ3v) is 3.72. The van der Waals surface area contributed by atoms with Crippen LogP contribution in [0.4, 0.5) is 32.2 Å². The van der Waals surface area contributed by atoms with Crippen LogP contribution in [0.5, 0.6) is 0 Å². The van der Waals surface area contributed by atoms with Crippen LogP contribution < -0.4 is 4.72 Å². The van der Waals surface area contributed by atoms with E-state index in [0.717, 1.165) is 0 Å². The SMILES string of the molecule is O=S(=O)(Nc1cc(C(F)(F)F)[nH]n1)c1cc(F)c(F)c(F)c1. The molecule has 0 saturated carbocycles. The maximum atomic E-state index is 13.0. The molecule has 0 amide bonds. The Hall–Kier alpha value is -2.24. The molecule has 0 spiro atoms. The molecule has 120 valence electrons. The van der Waals surface area contributed by atoms with E-state index in [0.29, 0.717) is 6.07 Å². The molecular weight excluding hydrogens is 340 g/mol. The highest BCUT2D eigenvalue weighted by Gasteiger charge is 2.33. The summed E-state index contributed by atoms with van der Waals surface area (Å²) in [5.74, 6) is -6.16. The third kappa shape index (κ3) is 3.16. The second-order valence-corrected chi connectivity index (χ2v) is 5.65. The van der Waals surface area contributed by atoms with Gasteiger partial charge in [-0.3, -0.25) is 9.82 Å². The molecule has 0 aliphatic carbocycles. The number of nitrogens with one attached hydrogen (secondary N) is 2. The molecule has 2 N–H and O–H groups in total. The third-order valence-electron chi connectivity index (χ3n) is 2.39. The monoisotopic (exact) mass is 345 g/mol. The zero-order chi connectivity index (χ0) is 16.7. The van der Waals surface area contributed by atoms with Crippen LogP contribution in [0.25, 0.3) is 0 Å². The van der Waals surface area contributed by atoms with Gasteiger partial charge in [0.2, 0.25) is 0 Å². The van der Waals surface area contributed by atoms with Crippen molar-refractivity contribution in [1.29, 1.82) is 0 Å². The van der Waals surface area contributed by atoms with Crippen LogP contribution in [-0.4, -0.2) is 18.6 Å². The molecule has 0 bridgehead atoms. The van der Waals surface area contributed by atoms with Crippen molar-refractivity contribution in [1.82, 2.24) is 10.2 Å². The first-order valence-electron chi connectivity index (χ1n) is 5.30. The standard InChI is InChI=1S/C10H5F6N3O2S/c11-5-1-4(2-6(12)9(5)13)22(20,21)19-8-3-7(17-18-8)10(14,15)16/h1-3H,(H2,17,18,19). The molecule has 0 fully saturated rings. The van der Waals surface area contributed by atoms with Gasteiger partial charge in [-0.1, -0.05) is 0 Å². The quantitative estimate of drug-likeness (QED) is 0.663. The van der Waals surface area contributed by atoms with Crippen molar-refractivity contribution in [2.24, 2.45) is 0 Å². The van der Waals surface area contributed by atoms with E-state index in [1.165, 1.54) is 0 Å². The number of anilines is 1. The Bertz CT molecular complexity index is 791. The molecule has 2 rings (SSSR count). The van der Waals surface area contributed by atoms with Crippen LogP contribution in [0.15, 0.2) is 23.1 Å². The Kier molecular flexibility index (Phi) is 3.81. The Balaban J connectivity index is 2.34. The number of aromatic nitrogens is 2. The second-order valence-electron chi connectivity index (χ2n) is 3.97. The van der Waals surface area contributed by atoms with E-state index < -0.39 is 50.1 Å². The summed E-state index contributed by atoms with van der Waals surface area (Å²) < 4.78 is 101. The Morgan fingerprint density at radius 3 is 2.05 bits per heavy atom. The number of sulfonamides is 1. The summed E-state index contributed by atoms with van der Waals surface area (Å²) in [6, 6.07) is 0.698. The average Bonchev–Trinajstić information content (AvgIpc) is 2.82. The highest BCUT2D eigenvalue weighted by molar-refractivity contribution is 7.92. The van der Waals surface area contributed by atoms with Crippen molar-refractivity contribution in [3.8, 4) is 0 Å². The first-order chi connectivity index (χ1) is 10.0. The van der Waals surface area contributed by atoms with E-state index in [-0.39, 0.29) is 12.1 Å². The summed E-state index contributed by atoms with van der Waals surface area (Å²) in [5, 5.41) is 4.60. The second kappa shape index (κ2) is 5.19. The minimum Gasteiger partial charge on any atom is -0.271 e. The predicted molar refractivity (Wildman–Crippen MR) is 60.7 cm³/mol. The fourth-order valence-corrected chi connectivity index (χ4v) is 2.42. The fourth-order valence-electron chi connectivity index (χ4n) is 1.40. The van der Waals surface area contributed by atoms with Gasteiger partial charge < -0.3 is 0 Å². The van der Waals surface area contributed by atoms with Gasteiger partial charge in [0.05, 0.1) is 4.90 Å². The molecule has 0 saturated heterocycles. The van der Waals surface area contributed by atoms with Crippen molar-refractivity contribution in [2.75, 3.05) is 4.72 Å². The van der Waals surface area contributed by atoms with Gasteiger partial charge in [0.15, 0.2) is 23.3 Å². The number of halogens is 6. The minimum absolute atomic E-state index is 0.179. The van der Waals surface area contributed by atoms with Crippen molar-refractivity contribution in [2.45, 2.75) is 11.1 Å². The topological polar surface area (TPSA) is 74.8 Å². The number of hydrogen-bond donors (Lipinski definition) is 2. The molecule has 12 heteroatoms. The number of rotatable bonds is 3. The molecule has 2 aromatic rings. The van der Waals surface area contributed by atoms with Crippen LogP contribution in [0.2, 0.25) is 0 Å². The maximum absolute atomic E-state index is 13.0. The van der Waals surface area contributed by atoms with E-state index in [1.54, 1.807) is 9.82 Å². The molecule has 1 aromatic heterocycles. The highest BCUT2D eigenvalue weighted by atomic mass is 32.2. The fraction of sp³-hybridized carbons (Fsp3) is 0.100. The number of hydrogen-bond acceptors (Lipinski definition) is 3. The van der Waals surface area contributed by atoms with Gasteiger partial charge >= 0.3 is 6.18 Å². The highest BCUT2D eigenvalue weighted by Crippen LogP contribution is 2.29. The van der Waals surface area contributed by atoms with Crippen LogP contribution in [0.3, 0.4) is 0 Å². The molecule has 0 radical (unpaired) electrons. The lowest BCUT2D eigenvalue weighted by Gasteiger charge is -2.06. The van der Waals surface area contributed by atoms with Crippen LogP contribution in [-0.2, 0) is 16.2 Å². The van der Waals surface area contributed by atoms with E-state index >= 15 is 0 Å². The van der Waals surface area contributed by atoms with Crippen molar-refractivity contribution in [3.63, 3.8) is 0 Å². The summed E-state index contributed by atoms with van der Waals surface area (Å²) >= 11 is 0. The maximum Gasteiger partial charge on any atom is 0.432 e. The molecule has 22 heavy (non-hydrogen) atoms. The zero-order valence-corrected chi connectivity index (χ0v) is 11.0. The molecule has 5 nitrogen and oxygen atoms in total. The number of nitrogens with zero attached hydrogens (tertiary/aromatic N) is 1. The molecule has 0 unspecified atom stereocenters. The molecule has 1 aromatic carbocycles. The van der Waals surface area contributed by atoms with Gasteiger partial charge in [0.25, 0.3) is 10.0 Å². The van der Waals surface area contributed by atoms with E-state index in [2.05, 4.69) is 5.10 Å². The lowest BCUT2D eigenvalue weighted by atomic mass is 10.3. The first-order valence-corrected chi connectivity index (χ1v) is 6.79. The Morgan fingerprint density at radius 1 is 1.05 bits per heavy atom. The number of benzene rings is 1. The average molecular weight is 345 g/mol. The first kappa shape index (κ1) is 16.1. The van der Waals surface area contributed by atoms with Gasteiger partial charge in [-0.2, -0.15) is 18.3 Å². The van der Waals surface area contributed by atoms with Gasteiger partial charge in [-0.05, 0) is 12.1 Å². The molecule has 0 aliphatic rings. The zero-order valence-electron chi connectivity index (χ0n) is 10.2. The Morgan fingerprint density at radius 2 is 1.59 bits per heavy atom. The smallest absolute Gasteiger partial charge is 0.271 e. The number of aromatic amines is 1. The summed E-state index contributed by atoms with van der Waals surface area (Å²) in [6.07, 6.45) is -4.79. The van der Waals surface area contributed by atoms with Crippen LogP contribution in [0, 0.1) is 17.5 Å². The van der Waals surface area contributed by atoms with Gasteiger partial charge in [0, 0.05) is 6.07 Å². The molecule has 0 atom stereocenters. The van der Waals surface area contributed by atoms with Crippen molar-refractivity contribution < 1.29 is 34.8 Å². The van der Waals surface area contributed by atoms with Gasteiger partial charge in [0.1, 0.15) is 5.69 Å². The predicted octanol–water partition coefficient (Wildman–Crippen LogP) is 2.65. The largest absolute Gasteiger partial charge is 0.432 e. The van der Waals surface area contributed by atoms with Crippen molar-refractivity contribution >= 4 is 15.8 Å². The normalized spacial score (nSPS) is 12.5. The summed E-state index contributed by atoms with van der Waals surface area (Å²) in [4.78, 5) is -1.01. The van der Waals surface area contributed by atoms with Crippen LogP contribution in [0.1, 0.15) is 5.69 Å². The van der Waals surface area contributed by atoms with Crippen LogP contribution >= 0.6 is 0 Å². The lowest BCUT2D eigenvalue weighted by molar-refractivity contribution is -0.141. The summed E-state index contributed by atoms with van der Waals surface area (Å²) in [5.41, 5.74) is -1.33. The summed E-state index contributed by atoms with van der Waals surface area (Å²) in [7, 11) is -4.65. The molecule has 0 aliphatic heterocycles. The lowest BCUT2D eigenvalue weighted by Crippen LogP contribution is -2.14. The molecule has 1 heterocycles. The number of H-pyrrole nitrogens is 1. The Labute approximate surface area is 119 Å². The molecular formula is C10H5F6N3O2S. The van der Waals surface area contributed by atoms with E-state index in [1.807, 2.05) is 0 Å². The summed E-state index contributed by atoms with van der Waals surface area (Å²) in [6.45, 7) is 0. The van der Waals surface area contributed by atoms with Gasteiger partial charge in [-0.15, -0.1) is 0 Å². The minimum atomic E-state index is -4.79.